The van der Waals surface area contributed by atoms with Crippen LogP contribution in [0.1, 0.15) is 25.2 Å². The van der Waals surface area contributed by atoms with Gasteiger partial charge in [0.05, 0.1) is 17.3 Å². The molecule has 0 unspecified atom stereocenters. The lowest BCUT2D eigenvalue weighted by Gasteiger charge is -2.10. The van der Waals surface area contributed by atoms with Crippen LogP contribution in [0.25, 0.3) is 0 Å². The van der Waals surface area contributed by atoms with Gasteiger partial charge in [-0.3, -0.25) is 0 Å². The van der Waals surface area contributed by atoms with E-state index in [1.807, 2.05) is 6.07 Å². The number of hydrogen-bond donors (Lipinski definition) is 1. The van der Waals surface area contributed by atoms with E-state index in [-0.39, 0.29) is 5.82 Å². The quantitative estimate of drug-likeness (QED) is 0.852. The molecule has 0 saturated heterocycles. The Morgan fingerprint density at radius 1 is 1.35 bits per heavy atom. The van der Waals surface area contributed by atoms with Gasteiger partial charge in [-0.05, 0) is 40.2 Å². The van der Waals surface area contributed by atoms with Crippen molar-refractivity contribution in [2.75, 3.05) is 0 Å². The van der Waals surface area contributed by atoms with Crippen molar-refractivity contribution in [1.82, 2.24) is 5.32 Å². The van der Waals surface area contributed by atoms with Crippen molar-refractivity contribution in [3.8, 4) is 5.75 Å². The van der Waals surface area contributed by atoms with Gasteiger partial charge in [0.25, 0.3) is 0 Å². The second kappa shape index (κ2) is 6.90. The Labute approximate surface area is 126 Å². The fourth-order valence-corrected chi connectivity index (χ4v) is 2.16. The summed E-state index contributed by atoms with van der Waals surface area (Å²) in [6.07, 6.45) is 1.65. The number of rotatable bonds is 6. The third-order valence-corrected chi connectivity index (χ3v) is 3.41. The second-order valence-corrected chi connectivity index (χ2v) is 5.62. The van der Waals surface area contributed by atoms with Crippen LogP contribution in [0.3, 0.4) is 0 Å². The Kier molecular flexibility index (Phi) is 5.20. The maximum atomic E-state index is 13.0. The van der Waals surface area contributed by atoms with E-state index >= 15 is 0 Å². The standard InChI is InChI=1S/C15H17BrFNO2/c1-10(2)18-8-15-11(5-6-19-15)9-20-14-4-3-12(17)7-13(14)16/h3-7,10,18H,8-9H2,1-2H3. The van der Waals surface area contributed by atoms with Crippen LogP contribution in [0.15, 0.2) is 39.4 Å². The first-order chi connectivity index (χ1) is 9.56. The lowest BCUT2D eigenvalue weighted by Crippen LogP contribution is -2.22. The summed E-state index contributed by atoms with van der Waals surface area (Å²) in [4.78, 5) is 0. The van der Waals surface area contributed by atoms with Gasteiger partial charge in [0.15, 0.2) is 0 Å². The summed E-state index contributed by atoms with van der Waals surface area (Å²) >= 11 is 3.28. The minimum absolute atomic E-state index is 0.297. The molecule has 2 rings (SSSR count). The highest BCUT2D eigenvalue weighted by atomic mass is 79.9. The molecule has 0 radical (unpaired) electrons. The number of ether oxygens (including phenoxy) is 1. The average molecular weight is 342 g/mol. The summed E-state index contributed by atoms with van der Waals surface area (Å²) in [7, 11) is 0. The number of nitrogens with one attached hydrogen (secondary N) is 1. The summed E-state index contributed by atoms with van der Waals surface area (Å²) in [5.74, 6) is 1.17. The predicted octanol–water partition coefficient (Wildman–Crippen LogP) is 4.26. The van der Waals surface area contributed by atoms with Crippen molar-refractivity contribution in [2.24, 2.45) is 0 Å². The second-order valence-electron chi connectivity index (χ2n) is 4.77. The predicted molar refractivity (Wildman–Crippen MR) is 79.1 cm³/mol. The Bertz CT molecular complexity index is 569. The van der Waals surface area contributed by atoms with Crippen LogP contribution in [-0.2, 0) is 13.2 Å². The van der Waals surface area contributed by atoms with E-state index in [1.54, 1.807) is 12.3 Å². The van der Waals surface area contributed by atoms with E-state index in [9.17, 15) is 4.39 Å². The monoisotopic (exact) mass is 341 g/mol. The van der Waals surface area contributed by atoms with Crippen molar-refractivity contribution in [2.45, 2.75) is 33.0 Å². The molecule has 0 saturated carbocycles. The third-order valence-electron chi connectivity index (χ3n) is 2.79. The Morgan fingerprint density at radius 3 is 2.85 bits per heavy atom. The number of halogens is 2. The smallest absolute Gasteiger partial charge is 0.134 e. The minimum Gasteiger partial charge on any atom is -0.488 e. The van der Waals surface area contributed by atoms with Crippen LogP contribution in [-0.4, -0.2) is 6.04 Å². The van der Waals surface area contributed by atoms with E-state index in [4.69, 9.17) is 9.15 Å². The molecule has 1 N–H and O–H groups in total. The van der Waals surface area contributed by atoms with Crippen LogP contribution >= 0.6 is 15.9 Å². The molecule has 0 aliphatic rings. The first kappa shape index (κ1) is 15.1. The molecule has 0 amide bonds. The van der Waals surface area contributed by atoms with E-state index in [1.165, 1.54) is 12.1 Å². The molecule has 2 aromatic rings. The minimum atomic E-state index is -0.297. The molecule has 0 spiro atoms. The molecule has 5 heteroatoms. The Hall–Kier alpha value is -1.33. The molecule has 20 heavy (non-hydrogen) atoms. The van der Waals surface area contributed by atoms with Crippen LogP contribution in [0.5, 0.6) is 5.75 Å². The molecule has 0 fully saturated rings. The maximum Gasteiger partial charge on any atom is 0.134 e. The highest BCUT2D eigenvalue weighted by molar-refractivity contribution is 9.10. The van der Waals surface area contributed by atoms with Crippen LogP contribution in [0, 0.1) is 5.82 Å². The van der Waals surface area contributed by atoms with E-state index < -0.39 is 0 Å². The molecule has 0 aliphatic carbocycles. The Morgan fingerprint density at radius 2 is 2.15 bits per heavy atom. The largest absolute Gasteiger partial charge is 0.488 e. The van der Waals surface area contributed by atoms with Crippen molar-refractivity contribution >= 4 is 15.9 Å². The highest BCUT2D eigenvalue weighted by Gasteiger charge is 2.09. The highest BCUT2D eigenvalue weighted by Crippen LogP contribution is 2.26. The molecule has 0 aliphatic heterocycles. The topological polar surface area (TPSA) is 34.4 Å². The fourth-order valence-electron chi connectivity index (χ4n) is 1.70. The van der Waals surface area contributed by atoms with Crippen molar-refractivity contribution in [3.63, 3.8) is 0 Å². The van der Waals surface area contributed by atoms with Gasteiger partial charge >= 0.3 is 0 Å². The number of furan rings is 1. The van der Waals surface area contributed by atoms with Gasteiger partial charge in [0, 0.05) is 11.6 Å². The molecule has 0 atom stereocenters. The zero-order valence-corrected chi connectivity index (χ0v) is 13.0. The number of hydrogen-bond acceptors (Lipinski definition) is 3. The molecule has 1 aromatic carbocycles. The summed E-state index contributed by atoms with van der Waals surface area (Å²) < 4.78 is 24.7. The van der Waals surface area contributed by atoms with Crippen molar-refractivity contribution in [3.05, 3.63) is 52.1 Å². The van der Waals surface area contributed by atoms with Gasteiger partial charge in [-0.2, -0.15) is 0 Å². The van der Waals surface area contributed by atoms with Crippen molar-refractivity contribution < 1.29 is 13.5 Å². The van der Waals surface area contributed by atoms with Crippen LogP contribution in [0.2, 0.25) is 0 Å². The van der Waals surface area contributed by atoms with Crippen molar-refractivity contribution in [1.29, 1.82) is 0 Å². The zero-order valence-electron chi connectivity index (χ0n) is 11.5. The molecule has 108 valence electrons. The van der Waals surface area contributed by atoms with Crippen LogP contribution in [0.4, 0.5) is 4.39 Å². The summed E-state index contributed by atoms with van der Waals surface area (Å²) in [6.45, 7) is 5.20. The fraction of sp³-hybridized carbons (Fsp3) is 0.333. The van der Waals surface area contributed by atoms with Crippen LogP contribution < -0.4 is 10.1 Å². The normalized spacial score (nSPS) is 11.1. The summed E-state index contributed by atoms with van der Waals surface area (Å²) in [6, 6.07) is 6.63. The van der Waals surface area contributed by atoms with Gasteiger partial charge in [-0.1, -0.05) is 13.8 Å². The molecule has 0 bridgehead atoms. The summed E-state index contributed by atoms with van der Waals surface area (Å²) in [5, 5.41) is 3.30. The molecule has 3 nitrogen and oxygen atoms in total. The van der Waals surface area contributed by atoms with Gasteiger partial charge in [0.2, 0.25) is 0 Å². The van der Waals surface area contributed by atoms with E-state index in [0.29, 0.717) is 29.4 Å². The lowest BCUT2D eigenvalue weighted by atomic mass is 10.2. The number of benzene rings is 1. The lowest BCUT2D eigenvalue weighted by molar-refractivity contribution is 0.298. The zero-order chi connectivity index (χ0) is 14.5. The average Bonchev–Trinajstić information content (AvgIpc) is 2.83. The molecule has 1 heterocycles. The van der Waals surface area contributed by atoms with Gasteiger partial charge in [-0.15, -0.1) is 0 Å². The van der Waals surface area contributed by atoms with E-state index in [2.05, 4.69) is 35.1 Å². The van der Waals surface area contributed by atoms with E-state index in [0.717, 1.165) is 11.3 Å². The first-order valence-electron chi connectivity index (χ1n) is 6.42. The Balaban J connectivity index is 1.98. The van der Waals surface area contributed by atoms with Gasteiger partial charge in [-0.25, -0.2) is 4.39 Å². The summed E-state index contributed by atoms with van der Waals surface area (Å²) in [5.41, 5.74) is 0.981. The molecular weight excluding hydrogens is 325 g/mol. The van der Waals surface area contributed by atoms with Gasteiger partial charge in [0.1, 0.15) is 23.9 Å². The molecule has 1 aromatic heterocycles. The third kappa shape index (κ3) is 4.08. The SMILES string of the molecule is CC(C)NCc1occc1COc1ccc(F)cc1Br. The first-order valence-corrected chi connectivity index (χ1v) is 7.22. The molecular formula is C15H17BrFNO2. The maximum absolute atomic E-state index is 13.0. The van der Waals surface area contributed by atoms with Gasteiger partial charge < -0.3 is 14.5 Å².